The van der Waals surface area contributed by atoms with Crippen molar-refractivity contribution < 1.29 is 0 Å². The summed E-state index contributed by atoms with van der Waals surface area (Å²) in [4.78, 5) is 13.9. The fourth-order valence-electron chi connectivity index (χ4n) is 2.54. The van der Waals surface area contributed by atoms with E-state index in [1.807, 2.05) is 10.9 Å². The second kappa shape index (κ2) is 5.24. The van der Waals surface area contributed by atoms with Crippen LogP contribution in [0.2, 0.25) is 0 Å². The van der Waals surface area contributed by atoms with E-state index >= 15 is 0 Å². The van der Waals surface area contributed by atoms with Crippen LogP contribution in [0.1, 0.15) is 31.3 Å². The van der Waals surface area contributed by atoms with E-state index in [1.165, 1.54) is 5.56 Å². The Balaban J connectivity index is 1.66. The number of aromatic amines is 1. The first kappa shape index (κ1) is 13.1. The fraction of sp³-hybridized carbons (Fsp3) is 0.615. The van der Waals surface area contributed by atoms with Crippen LogP contribution in [-0.2, 0) is 19.5 Å². The molecule has 3 rings (SSSR count). The highest BCUT2D eigenvalue weighted by atomic mass is 16.1. The van der Waals surface area contributed by atoms with Gasteiger partial charge in [0.15, 0.2) is 0 Å². The summed E-state index contributed by atoms with van der Waals surface area (Å²) in [5, 5.41) is 10.9. The Labute approximate surface area is 117 Å². The molecule has 0 saturated heterocycles. The lowest BCUT2D eigenvalue weighted by Crippen LogP contribution is -2.28. The van der Waals surface area contributed by atoms with Crippen LogP contribution in [0, 0.1) is 0 Å². The molecule has 1 N–H and O–H groups in total. The molecule has 2 aromatic heterocycles. The van der Waals surface area contributed by atoms with Gasteiger partial charge in [-0.25, -0.2) is 9.89 Å². The number of hydrogen-bond donors (Lipinski definition) is 1. The Kier molecular flexibility index (Phi) is 3.43. The summed E-state index contributed by atoms with van der Waals surface area (Å²) in [6.45, 7) is 7.58. The number of nitrogens with zero attached hydrogens (tertiary/aromatic N) is 5. The maximum absolute atomic E-state index is 11.6. The van der Waals surface area contributed by atoms with E-state index in [-0.39, 0.29) is 5.69 Å². The first-order chi connectivity index (χ1) is 9.63. The van der Waals surface area contributed by atoms with Gasteiger partial charge in [-0.1, -0.05) is 0 Å². The second-order valence-corrected chi connectivity index (χ2v) is 5.55. The molecule has 0 atom stereocenters. The molecule has 2 aromatic rings. The first-order valence-electron chi connectivity index (χ1n) is 7.03. The van der Waals surface area contributed by atoms with Crippen LogP contribution in [0.5, 0.6) is 0 Å². The van der Waals surface area contributed by atoms with Crippen LogP contribution < -0.4 is 5.69 Å². The first-order valence-corrected chi connectivity index (χ1v) is 7.03. The van der Waals surface area contributed by atoms with Gasteiger partial charge in [0.1, 0.15) is 5.82 Å². The molecule has 7 heteroatoms. The summed E-state index contributed by atoms with van der Waals surface area (Å²) in [5.41, 5.74) is 1.11. The van der Waals surface area contributed by atoms with E-state index in [9.17, 15) is 4.79 Å². The van der Waals surface area contributed by atoms with Gasteiger partial charge in [-0.05, 0) is 13.8 Å². The lowest BCUT2D eigenvalue weighted by atomic mass is 10.3. The van der Waals surface area contributed by atoms with E-state index in [0.29, 0.717) is 12.6 Å². The molecule has 0 unspecified atom stereocenters. The molecule has 0 aromatic carbocycles. The van der Waals surface area contributed by atoms with Gasteiger partial charge in [0, 0.05) is 50.4 Å². The molecule has 0 radical (unpaired) electrons. The zero-order chi connectivity index (χ0) is 14.1. The number of aromatic nitrogens is 5. The molecule has 0 bridgehead atoms. The van der Waals surface area contributed by atoms with Crippen LogP contribution in [0.15, 0.2) is 17.2 Å². The highest BCUT2D eigenvalue weighted by Gasteiger charge is 2.17. The van der Waals surface area contributed by atoms with Crippen LogP contribution in [0.4, 0.5) is 0 Å². The number of nitrogens with one attached hydrogen (secondary N) is 1. The topological polar surface area (TPSA) is 71.7 Å². The number of H-pyrrole nitrogens is 1. The van der Waals surface area contributed by atoms with Crippen molar-refractivity contribution in [2.24, 2.45) is 0 Å². The molecule has 20 heavy (non-hydrogen) atoms. The summed E-state index contributed by atoms with van der Waals surface area (Å²) in [5.74, 6) is 0.857. The van der Waals surface area contributed by atoms with Gasteiger partial charge in [-0.2, -0.15) is 10.2 Å². The largest absolute Gasteiger partial charge is 0.343 e. The Bertz CT molecular complexity index is 637. The molecule has 0 saturated carbocycles. The molecule has 0 aliphatic carbocycles. The number of hydrogen-bond acceptors (Lipinski definition) is 4. The summed E-state index contributed by atoms with van der Waals surface area (Å²) < 4.78 is 3.71. The van der Waals surface area contributed by atoms with Gasteiger partial charge in [-0.3, -0.25) is 14.1 Å². The van der Waals surface area contributed by atoms with Crippen molar-refractivity contribution in [2.45, 2.75) is 39.4 Å². The van der Waals surface area contributed by atoms with Gasteiger partial charge < -0.3 is 0 Å². The third-order valence-corrected chi connectivity index (χ3v) is 3.72. The molecule has 7 nitrogen and oxygen atoms in total. The lowest BCUT2D eigenvalue weighted by molar-refractivity contribution is 0.270. The number of fused-ring (bicyclic) bond motifs is 1. The highest BCUT2D eigenvalue weighted by molar-refractivity contribution is 5.04. The summed E-state index contributed by atoms with van der Waals surface area (Å²) in [6, 6.07) is 0.386. The zero-order valence-corrected chi connectivity index (χ0v) is 11.9. The minimum absolute atomic E-state index is 0.102. The Morgan fingerprint density at radius 1 is 1.35 bits per heavy atom. The lowest BCUT2D eigenvalue weighted by Gasteiger charge is -2.18. The Morgan fingerprint density at radius 3 is 2.95 bits per heavy atom. The van der Waals surface area contributed by atoms with Gasteiger partial charge in [0.2, 0.25) is 0 Å². The molecule has 1 aliphatic heterocycles. The van der Waals surface area contributed by atoms with Gasteiger partial charge in [0.25, 0.3) is 0 Å². The minimum Gasteiger partial charge on any atom is -0.297 e. The standard InChI is InChI=1S/C13H20N6O/c1-10(2)19-9-11(7-14-19)8-17-4-3-12-15-16-13(20)18(12)6-5-17/h7,9-10H,3-6,8H2,1-2H3,(H,16,20). The fourth-order valence-corrected chi connectivity index (χ4v) is 2.54. The quantitative estimate of drug-likeness (QED) is 0.881. The Hall–Kier alpha value is -1.89. The molecule has 0 spiro atoms. The third kappa shape index (κ3) is 2.53. The molecule has 108 valence electrons. The summed E-state index contributed by atoms with van der Waals surface area (Å²) in [7, 11) is 0. The molecule has 0 amide bonds. The average molecular weight is 276 g/mol. The van der Waals surface area contributed by atoms with Crippen LogP contribution in [0.3, 0.4) is 0 Å². The third-order valence-electron chi connectivity index (χ3n) is 3.72. The van der Waals surface area contributed by atoms with Gasteiger partial charge in [0.05, 0.1) is 6.20 Å². The maximum Gasteiger partial charge on any atom is 0.343 e. The van der Waals surface area contributed by atoms with Crippen molar-refractivity contribution in [2.75, 3.05) is 13.1 Å². The highest BCUT2D eigenvalue weighted by Crippen LogP contribution is 2.10. The van der Waals surface area contributed by atoms with Crippen LogP contribution in [0.25, 0.3) is 0 Å². The molecular weight excluding hydrogens is 256 g/mol. The average Bonchev–Trinajstić information content (AvgIpc) is 2.95. The van der Waals surface area contributed by atoms with E-state index in [0.717, 1.165) is 31.9 Å². The van der Waals surface area contributed by atoms with Gasteiger partial charge >= 0.3 is 5.69 Å². The summed E-state index contributed by atoms with van der Waals surface area (Å²) in [6.07, 6.45) is 4.83. The zero-order valence-electron chi connectivity index (χ0n) is 11.9. The van der Waals surface area contributed by atoms with Crippen LogP contribution in [-0.4, -0.2) is 42.5 Å². The van der Waals surface area contributed by atoms with Crippen molar-refractivity contribution in [1.29, 1.82) is 0 Å². The van der Waals surface area contributed by atoms with Crippen molar-refractivity contribution in [3.63, 3.8) is 0 Å². The van der Waals surface area contributed by atoms with Crippen molar-refractivity contribution in [3.8, 4) is 0 Å². The van der Waals surface area contributed by atoms with Crippen molar-refractivity contribution in [1.82, 2.24) is 29.4 Å². The molecule has 3 heterocycles. The minimum atomic E-state index is -0.102. The monoisotopic (exact) mass is 276 g/mol. The maximum atomic E-state index is 11.6. The predicted molar refractivity (Wildman–Crippen MR) is 74.4 cm³/mol. The summed E-state index contributed by atoms with van der Waals surface area (Å²) >= 11 is 0. The van der Waals surface area contributed by atoms with Crippen molar-refractivity contribution >= 4 is 0 Å². The van der Waals surface area contributed by atoms with E-state index < -0.39 is 0 Å². The number of rotatable bonds is 3. The molecular formula is C13H20N6O. The van der Waals surface area contributed by atoms with Crippen molar-refractivity contribution in [3.05, 3.63) is 34.3 Å². The van der Waals surface area contributed by atoms with E-state index in [4.69, 9.17) is 0 Å². The predicted octanol–water partition coefficient (Wildman–Crippen LogP) is 0.407. The Morgan fingerprint density at radius 2 is 2.20 bits per heavy atom. The van der Waals surface area contributed by atoms with Gasteiger partial charge in [-0.15, -0.1) is 0 Å². The van der Waals surface area contributed by atoms with E-state index in [1.54, 1.807) is 4.57 Å². The molecule has 0 fully saturated rings. The normalized spacial score (nSPS) is 16.4. The SMILES string of the molecule is CC(C)n1cc(CN2CCc3n[nH]c(=O)n3CC2)cn1. The smallest absolute Gasteiger partial charge is 0.297 e. The van der Waals surface area contributed by atoms with E-state index in [2.05, 4.69) is 40.2 Å². The molecule has 1 aliphatic rings. The van der Waals surface area contributed by atoms with Crippen LogP contribution >= 0.6 is 0 Å². The second-order valence-electron chi connectivity index (χ2n) is 5.55.